The SMILES string of the molecule is CCC(N)(Cc1ccc(C(C)C(=O)N(C)CCN)cc1)C(=O)c1ccc(N2CCN(C)CC2)cc1. The molecule has 1 saturated heterocycles. The molecule has 190 valence electrons. The van der Waals surface area contributed by atoms with Crippen molar-refractivity contribution in [2.75, 3.05) is 58.3 Å². The number of amides is 1. The van der Waals surface area contributed by atoms with E-state index >= 15 is 0 Å². The fourth-order valence-electron chi connectivity index (χ4n) is 4.61. The zero-order valence-electron chi connectivity index (χ0n) is 21.7. The van der Waals surface area contributed by atoms with Crippen molar-refractivity contribution in [2.45, 2.75) is 38.1 Å². The van der Waals surface area contributed by atoms with E-state index in [0.717, 1.165) is 43.0 Å². The lowest BCUT2D eigenvalue weighted by atomic mass is 9.82. The Bertz CT molecular complexity index is 983. The van der Waals surface area contributed by atoms with Gasteiger partial charge in [-0.15, -0.1) is 0 Å². The highest BCUT2D eigenvalue weighted by atomic mass is 16.2. The standard InChI is InChI=1S/C28H41N5O2/c1-5-28(30,20-22-6-8-23(9-7-22)21(2)27(35)32(4)15-14-29)26(34)24-10-12-25(13-11-24)33-18-16-31(3)17-19-33/h6-13,21H,5,14-20,29-30H2,1-4H3. The molecule has 3 rings (SSSR count). The molecule has 2 unspecified atom stereocenters. The van der Waals surface area contributed by atoms with E-state index in [1.54, 1.807) is 11.9 Å². The lowest BCUT2D eigenvalue weighted by Crippen LogP contribution is -2.49. The van der Waals surface area contributed by atoms with Crippen LogP contribution in [0.1, 0.15) is 47.7 Å². The van der Waals surface area contributed by atoms with E-state index in [1.807, 2.05) is 62.4 Å². The molecule has 0 spiro atoms. The summed E-state index contributed by atoms with van der Waals surface area (Å²) in [5, 5.41) is 0. The van der Waals surface area contributed by atoms with Crippen molar-refractivity contribution in [1.82, 2.24) is 9.80 Å². The minimum atomic E-state index is -0.986. The summed E-state index contributed by atoms with van der Waals surface area (Å²) in [6.45, 7) is 8.89. The average Bonchev–Trinajstić information content (AvgIpc) is 2.88. The quantitative estimate of drug-likeness (QED) is 0.509. The molecule has 0 bridgehead atoms. The fraction of sp³-hybridized carbons (Fsp3) is 0.500. The molecule has 1 fully saturated rings. The molecule has 2 atom stereocenters. The number of carbonyl (C=O) groups is 2. The van der Waals surface area contributed by atoms with Crippen LogP contribution in [0.3, 0.4) is 0 Å². The van der Waals surface area contributed by atoms with Crippen LogP contribution >= 0.6 is 0 Å². The Morgan fingerprint density at radius 1 is 1.03 bits per heavy atom. The smallest absolute Gasteiger partial charge is 0.229 e. The van der Waals surface area contributed by atoms with Gasteiger partial charge in [0.2, 0.25) is 5.91 Å². The maximum absolute atomic E-state index is 13.4. The maximum atomic E-state index is 13.4. The van der Waals surface area contributed by atoms with E-state index in [0.29, 0.717) is 31.5 Å². The van der Waals surface area contributed by atoms with Gasteiger partial charge in [-0.2, -0.15) is 0 Å². The van der Waals surface area contributed by atoms with Crippen molar-refractivity contribution in [1.29, 1.82) is 0 Å². The molecule has 1 heterocycles. The molecular formula is C28H41N5O2. The molecule has 0 radical (unpaired) electrons. The molecule has 1 aliphatic heterocycles. The van der Waals surface area contributed by atoms with Gasteiger partial charge in [0, 0.05) is 57.6 Å². The Hall–Kier alpha value is -2.74. The van der Waals surface area contributed by atoms with E-state index in [4.69, 9.17) is 11.5 Å². The van der Waals surface area contributed by atoms with Crippen LogP contribution in [0.25, 0.3) is 0 Å². The van der Waals surface area contributed by atoms with Crippen LogP contribution in [-0.4, -0.2) is 80.4 Å². The number of nitrogens with zero attached hydrogens (tertiary/aromatic N) is 3. The van der Waals surface area contributed by atoms with E-state index < -0.39 is 5.54 Å². The normalized spacial score (nSPS) is 17.0. The molecule has 0 aromatic heterocycles. The van der Waals surface area contributed by atoms with Crippen molar-refractivity contribution >= 4 is 17.4 Å². The molecule has 35 heavy (non-hydrogen) atoms. The van der Waals surface area contributed by atoms with Crippen molar-refractivity contribution in [3.05, 3.63) is 65.2 Å². The average molecular weight is 480 g/mol. The van der Waals surface area contributed by atoms with Gasteiger partial charge in [-0.25, -0.2) is 0 Å². The molecular weight excluding hydrogens is 438 g/mol. The van der Waals surface area contributed by atoms with Gasteiger partial charge in [-0.3, -0.25) is 9.59 Å². The first-order valence-corrected chi connectivity index (χ1v) is 12.6. The van der Waals surface area contributed by atoms with Gasteiger partial charge in [0.1, 0.15) is 0 Å². The predicted molar refractivity (Wildman–Crippen MR) is 143 cm³/mol. The van der Waals surface area contributed by atoms with E-state index in [1.165, 1.54) is 0 Å². The molecule has 4 N–H and O–H groups in total. The highest BCUT2D eigenvalue weighted by Crippen LogP contribution is 2.25. The minimum Gasteiger partial charge on any atom is -0.369 e. The van der Waals surface area contributed by atoms with Gasteiger partial charge in [-0.05, 0) is 62.2 Å². The predicted octanol–water partition coefficient (Wildman–Crippen LogP) is 2.49. The van der Waals surface area contributed by atoms with Crippen molar-refractivity contribution in [3.8, 4) is 0 Å². The Kier molecular flexibility index (Phi) is 9.05. The summed E-state index contributed by atoms with van der Waals surface area (Å²) >= 11 is 0. The first-order valence-electron chi connectivity index (χ1n) is 12.6. The third-order valence-electron chi connectivity index (χ3n) is 7.29. The lowest BCUT2D eigenvalue weighted by Gasteiger charge is -2.34. The van der Waals surface area contributed by atoms with E-state index in [9.17, 15) is 9.59 Å². The summed E-state index contributed by atoms with van der Waals surface area (Å²) in [4.78, 5) is 32.3. The van der Waals surface area contributed by atoms with Crippen molar-refractivity contribution in [3.63, 3.8) is 0 Å². The van der Waals surface area contributed by atoms with Crippen LogP contribution in [0.15, 0.2) is 48.5 Å². The number of hydrogen-bond donors (Lipinski definition) is 2. The number of rotatable bonds is 10. The molecule has 2 aromatic carbocycles. The van der Waals surface area contributed by atoms with Gasteiger partial charge in [0.15, 0.2) is 5.78 Å². The molecule has 1 aliphatic rings. The monoisotopic (exact) mass is 479 g/mol. The number of hydrogen-bond acceptors (Lipinski definition) is 6. The van der Waals surface area contributed by atoms with Gasteiger partial charge in [0.05, 0.1) is 11.5 Å². The fourth-order valence-corrected chi connectivity index (χ4v) is 4.61. The second-order valence-electron chi connectivity index (χ2n) is 9.86. The first kappa shape index (κ1) is 26.9. The number of nitrogens with two attached hydrogens (primary N) is 2. The van der Waals surface area contributed by atoms with E-state index in [-0.39, 0.29) is 17.6 Å². The molecule has 0 aliphatic carbocycles. The molecule has 0 saturated carbocycles. The van der Waals surface area contributed by atoms with Gasteiger partial charge in [0.25, 0.3) is 0 Å². The van der Waals surface area contributed by atoms with Gasteiger partial charge >= 0.3 is 0 Å². The summed E-state index contributed by atoms with van der Waals surface area (Å²) < 4.78 is 0. The zero-order chi connectivity index (χ0) is 25.6. The second-order valence-corrected chi connectivity index (χ2v) is 9.86. The van der Waals surface area contributed by atoms with Gasteiger partial charge < -0.3 is 26.2 Å². The Labute approximate surface area is 210 Å². The minimum absolute atomic E-state index is 0.0408. The Morgan fingerprint density at radius 3 is 2.17 bits per heavy atom. The third kappa shape index (κ3) is 6.48. The number of benzene rings is 2. The van der Waals surface area contributed by atoms with Crippen LogP contribution in [0.2, 0.25) is 0 Å². The number of carbonyl (C=O) groups excluding carboxylic acids is 2. The topological polar surface area (TPSA) is 95.9 Å². The van der Waals surface area contributed by atoms with Crippen LogP contribution in [0.4, 0.5) is 5.69 Å². The van der Waals surface area contributed by atoms with E-state index in [2.05, 4.69) is 16.8 Å². The van der Waals surface area contributed by atoms with Crippen molar-refractivity contribution < 1.29 is 9.59 Å². The zero-order valence-corrected chi connectivity index (χ0v) is 21.7. The number of piperazine rings is 1. The number of Topliss-reactive ketones (excluding diaryl/α,β-unsaturated/α-hetero) is 1. The molecule has 2 aromatic rings. The van der Waals surface area contributed by atoms with Crippen LogP contribution in [0, 0.1) is 0 Å². The highest BCUT2D eigenvalue weighted by Gasteiger charge is 2.33. The van der Waals surface area contributed by atoms with Crippen LogP contribution in [-0.2, 0) is 11.2 Å². The highest BCUT2D eigenvalue weighted by molar-refractivity contribution is 6.03. The van der Waals surface area contributed by atoms with Crippen LogP contribution < -0.4 is 16.4 Å². The largest absolute Gasteiger partial charge is 0.369 e. The van der Waals surface area contributed by atoms with Crippen LogP contribution in [0.5, 0.6) is 0 Å². The first-order chi connectivity index (χ1) is 16.7. The molecule has 7 nitrogen and oxygen atoms in total. The lowest BCUT2D eigenvalue weighted by molar-refractivity contribution is -0.131. The summed E-state index contributed by atoms with van der Waals surface area (Å²) in [7, 11) is 3.91. The maximum Gasteiger partial charge on any atom is 0.229 e. The number of anilines is 1. The second kappa shape index (κ2) is 11.8. The number of likely N-dealkylation sites (N-methyl/N-ethyl adjacent to an activating group) is 2. The number of ketones is 1. The summed E-state index contributed by atoms with van der Waals surface area (Å²) in [6, 6.07) is 15.7. The summed E-state index contributed by atoms with van der Waals surface area (Å²) in [5.74, 6) is -0.254. The third-order valence-corrected chi connectivity index (χ3v) is 7.29. The Morgan fingerprint density at radius 2 is 1.63 bits per heavy atom. The summed E-state index contributed by atoms with van der Waals surface area (Å²) in [5.41, 5.74) is 15.0. The molecule has 7 heteroatoms. The summed E-state index contributed by atoms with van der Waals surface area (Å²) in [6.07, 6.45) is 0.977. The van der Waals surface area contributed by atoms with Crippen molar-refractivity contribution in [2.24, 2.45) is 11.5 Å². The molecule has 1 amide bonds. The Balaban J connectivity index is 1.68. The van der Waals surface area contributed by atoms with Gasteiger partial charge in [-0.1, -0.05) is 31.2 Å².